The van der Waals surface area contributed by atoms with Crippen molar-refractivity contribution in [3.05, 3.63) is 29.3 Å². The van der Waals surface area contributed by atoms with Gasteiger partial charge in [-0.3, -0.25) is 0 Å². The lowest BCUT2D eigenvalue weighted by atomic mass is 10.1. The lowest BCUT2D eigenvalue weighted by Gasteiger charge is -2.13. The highest BCUT2D eigenvalue weighted by Gasteiger charge is 2.13. The monoisotopic (exact) mass is 205 g/mol. The van der Waals surface area contributed by atoms with Crippen LogP contribution in [0.5, 0.6) is 5.75 Å². The summed E-state index contributed by atoms with van der Waals surface area (Å²) in [4.78, 5) is 0. The summed E-state index contributed by atoms with van der Waals surface area (Å²) in [7, 11) is 0. The number of rotatable bonds is 3. The zero-order valence-electron chi connectivity index (χ0n) is 9.29. The number of hydrogen-bond donors (Lipinski definition) is 2. The van der Waals surface area contributed by atoms with Crippen LogP contribution < -0.4 is 5.32 Å². The molecule has 0 amide bonds. The van der Waals surface area contributed by atoms with Gasteiger partial charge in [-0.05, 0) is 43.0 Å². The molecule has 0 aromatic heterocycles. The SMILES string of the molecule is Cc1cc(O)ccc1CNC1CCCC1. The minimum atomic E-state index is 0.358. The molecule has 1 saturated carbocycles. The molecule has 15 heavy (non-hydrogen) atoms. The van der Waals surface area contributed by atoms with Crippen LogP contribution in [0.1, 0.15) is 36.8 Å². The van der Waals surface area contributed by atoms with Crippen LogP contribution in [0.2, 0.25) is 0 Å². The molecule has 0 unspecified atom stereocenters. The smallest absolute Gasteiger partial charge is 0.115 e. The molecule has 1 aromatic carbocycles. The molecule has 1 fully saturated rings. The van der Waals surface area contributed by atoms with E-state index in [2.05, 4.69) is 5.32 Å². The molecule has 82 valence electrons. The summed E-state index contributed by atoms with van der Waals surface area (Å²) in [6, 6.07) is 6.30. The van der Waals surface area contributed by atoms with Crippen molar-refractivity contribution in [3.63, 3.8) is 0 Å². The Balaban J connectivity index is 1.92. The van der Waals surface area contributed by atoms with Gasteiger partial charge in [0.2, 0.25) is 0 Å². The van der Waals surface area contributed by atoms with Gasteiger partial charge in [-0.1, -0.05) is 18.9 Å². The molecule has 0 bridgehead atoms. The van der Waals surface area contributed by atoms with Gasteiger partial charge < -0.3 is 10.4 Å². The number of hydrogen-bond acceptors (Lipinski definition) is 2. The second-order valence-corrected chi connectivity index (χ2v) is 4.47. The van der Waals surface area contributed by atoms with E-state index in [1.165, 1.54) is 36.8 Å². The average molecular weight is 205 g/mol. The third-order valence-electron chi connectivity index (χ3n) is 3.26. The van der Waals surface area contributed by atoms with Gasteiger partial charge in [-0.25, -0.2) is 0 Å². The Hall–Kier alpha value is -1.02. The number of aryl methyl sites for hydroxylation is 1. The molecule has 0 radical (unpaired) electrons. The summed E-state index contributed by atoms with van der Waals surface area (Å²) in [5.74, 6) is 0.358. The Labute approximate surface area is 91.3 Å². The Kier molecular flexibility index (Phi) is 3.27. The van der Waals surface area contributed by atoms with Crippen molar-refractivity contribution < 1.29 is 5.11 Å². The fraction of sp³-hybridized carbons (Fsp3) is 0.538. The first kappa shape index (κ1) is 10.5. The van der Waals surface area contributed by atoms with Gasteiger partial charge in [-0.2, -0.15) is 0 Å². The lowest BCUT2D eigenvalue weighted by Crippen LogP contribution is -2.25. The first-order chi connectivity index (χ1) is 7.25. The van der Waals surface area contributed by atoms with Crippen molar-refractivity contribution >= 4 is 0 Å². The van der Waals surface area contributed by atoms with Crippen LogP contribution in [0.3, 0.4) is 0 Å². The Morgan fingerprint density at radius 3 is 2.73 bits per heavy atom. The third-order valence-corrected chi connectivity index (χ3v) is 3.26. The summed E-state index contributed by atoms with van der Waals surface area (Å²) in [6.07, 6.45) is 5.37. The largest absolute Gasteiger partial charge is 0.508 e. The molecule has 0 heterocycles. The Morgan fingerprint density at radius 2 is 2.07 bits per heavy atom. The summed E-state index contributed by atoms with van der Waals surface area (Å²) < 4.78 is 0. The number of nitrogens with one attached hydrogen (secondary N) is 1. The van der Waals surface area contributed by atoms with E-state index in [0.717, 1.165) is 6.54 Å². The van der Waals surface area contributed by atoms with Gasteiger partial charge in [0.1, 0.15) is 5.75 Å². The van der Waals surface area contributed by atoms with E-state index < -0.39 is 0 Å². The first-order valence-electron chi connectivity index (χ1n) is 5.77. The number of benzene rings is 1. The van der Waals surface area contributed by atoms with Crippen molar-refractivity contribution in [2.75, 3.05) is 0 Å². The summed E-state index contributed by atoms with van der Waals surface area (Å²) in [5.41, 5.74) is 2.46. The molecule has 1 aliphatic carbocycles. The molecule has 0 spiro atoms. The zero-order chi connectivity index (χ0) is 10.7. The maximum Gasteiger partial charge on any atom is 0.115 e. The van der Waals surface area contributed by atoms with Crippen molar-refractivity contribution in [1.82, 2.24) is 5.32 Å². The van der Waals surface area contributed by atoms with Crippen LogP contribution in [0.15, 0.2) is 18.2 Å². The van der Waals surface area contributed by atoms with Gasteiger partial charge in [0, 0.05) is 12.6 Å². The minimum Gasteiger partial charge on any atom is -0.508 e. The van der Waals surface area contributed by atoms with Gasteiger partial charge in [0.25, 0.3) is 0 Å². The third kappa shape index (κ3) is 2.72. The fourth-order valence-corrected chi connectivity index (χ4v) is 2.26. The highest BCUT2D eigenvalue weighted by molar-refractivity contribution is 5.33. The van der Waals surface area contributed by atoms with E-state index in [4.69, 9.17) is 0 Å². The zero-order valence-corrected chi connectivity index (χ0v) is 9.29. The van der Waals surface area contributed by atoms with Crippen molar-refractivity contribution in [1.29, 1.82) is 0 Å². The summed E-state index contributed by atoms with van der Waals surface area (Å²) in [5, 5.41) is 12.9. The number of aromatic hydroxyl groups is 1. The van der Waals surface area contributed by atoms with E-state index in [-0.39, 0.29) is 0 Å². The maximum atomic E-state index is 9.30. The van der Waals surface area contributed by atoms with Gasteiger partial charge >= 0.3 is 0 Å². The van der Waals surface area contributed by atoms with Gasteiger partial charge in [-0.15, -0.1) is 0 Å². The summed E-state index contributed by atoms with van der Waals surface area (Å²) >= 11 is 0. The highest BCUT2D eigenvalue weighted by Crippen LogP contribution is 2.19. The second-order valence-electron chi connectivity index (χ2n) is 4.47. The molecule has 1 aromatic rings. The minimum absolute atomic E-state index is 0.358. The lowest BCUT2D eigenvalue weighted by molar-refractivity contribution is 0.474. The van der Waals surface area contributed by atoms with E-state index >= 15 is 0 Å². The quantitative estimate of drug-likeness (QED) is 0.795. The normalized spacial score (nSPS) is 17.1. The van der Waals surface area contributed by atoms with Gasteiger partial charge in [0.15, 0.2) is 0 Å². The molecule has 0 atom stereocenters. The van der Waals surface area contributed by atoms with Crippen LogP contribution in [0.25, 0.3) is 0 Å². The van der Waals surface area contributed by atoms with Crippen molar-refractivity contribution in [2.45, 2.75) is 45.2 Å². The predicted octanol–water partition coefficient (Wildman–Crippen LogP) is 2.73. The average Bonchev–Trinajstić information content (AvgIpc) is 2.69. The van der Waals surface area contributed by atoms with Crippen LogP contribution in [-0.4, -0.2) is 11.1 Å². The molecule has 1 aliphatic rings. The molecule has 2 heteroatoms. The van der Waals surface area contributed by atoms with Crippen molar-refractivity contribution in [3.8, 4) is 5.75 Å². The highest BCUT2D eigenvalue weighted by atomic mass is 16.3. The molecule has 0 aliphatic heterocycles. The molecule has 2 rings (SSSR count). The van der Waals surface area contributed by atoms with E-state index in [1.54, 1.807) is 6.07 Å². The van der Waals surface area contributed by atoms with Crippen LogP contribution in [-0.2, 0) is 6.54 Å². The van der Waals surface area contributed by atoms with E-state index in [9.17, 15) is 5.11 Å². The fourth-order valence-electron chi connectivity index (χ4n) is 2.26. The topological polar surface area (TPSA) is 32.3 Å². The summed E-state index contributed by atoms with van der Waals surface area (Å²) in [6.45, 7) is 2.97. The van der Waals surface area contributed by atoms with E-state index in [1.807, 2.05) is 19.1 Å². The first-order valence-corrected chi connectivity index (χ1v) is 5.77. The second kappa shape index (κ2) is 4.67. The predicted molar refractivity (Wildman–Crippen MR) is 61.9 cm³/mol. The van der Waals surface area contributed by atoms with E-state index in [0.29, 0.717) is 11.8 Å². The molecule has 2 nitrogen and oxygen atoms in total. The van der Waals surface area contributed by atoms with Gasteiger partial charge in [0.05, 0.1) is 0 Å². The standard InChI is InChI=1S/C13H19NO/c1-10-8-13(15)7-6-11(10)9-14-12-4-2-3-5-12/h6-8,12,14-15H,2-5,9H2,1H3. The maximum absolute atomic E-state index is 9.30. The Bertz CT molecular complexity index is 329. The molecular formula is C13H19NO. The van der Waals surface area contributed by atoms with Crippen LogP contribution in [0.4, 0.5) is 0 Å². The molecule has 0 saturated heterocycles. The number of phenolic OH excluding ortho intramolecular Hbond substituents is 1. The molecular weight excluding hydrogens is 186 g/mol. The number of phenols is 1. The van der Waals surface area contributed by atoms with Crippen LogP contribution in [0, 0.1) is 6.92 Å². The van der Waals surface area contributed by atoms with Crippen molar-refractivity contribution in [2.24, 2.45) is 0 Å². The molecule has 2 N–H and O–H groups in total. The Morgan fingerprint density at radius 1 is 1.33 bits per heavy atom. The van der Waals surface area contributed by atoms with Crippen LogP contribution >= 0.6 is 0 Å².